The largest absolute Gasteiger partial charge is 0.369 e. The highest BCUT2D eigenvalue weighted by molar-refractivity contribution is 5.59. The molecule has 1 heterocycles. The maximum absolute atomic E-state index is 4.74. The molecule has 4 heteroatoms. The van der Waals surface area contributed by atoms with Crippen molar-refractivity contribution in [1.82, 2.24) is 14.7 Å². The second kappa shape index (κ2) is 6.22. The van der Waals surface area contributed by atoms with Gasteiger partial charge in [-0.3, -0.25) is 0 Å². The van der Waals surface area contributed by atoms with E-state index in [-0.39, 0.29) is 0 Å². The number of aliphatic imine (C=N–C) groups is 1. The molecule has 1 aromatic rings. The average Bonchev–Trinajstić information content (AvgIpc) is 2.96. The number of hydrogen-bond donors (Lipinski definition) is 0. The molecule has 0 saturated heterocycles. The van der Waals surface area contributed by atoms with Crippen LogP contribution in [0.1, 0.15) is 51.1 Å². The summed E-state index contributed by atoms with van der Waals surface area (Å²) >= 11 is 0. The highest BCUT2D eigenvalue weighted by Gasteiger charge is 2.18. The third kappa shape index (κ3) is 3.82. The van der Waals surface area contributed by atoms with Crippen LogP contribution >= 0.6 is 0 Å². The van der Waals surface area contributed by atoms with E-state index in [9.17, 15) is 0 Å². The van der Waals surface area contributed by atoms with E-state index in [1.807, 2.05) is 25.3 Å². The van der Waals surface area contributed by atoms with Crippen molar-refractivity contribution in [2.24, 2.45) is 10.9 Å². The first kappa shape index (κ1) is 14.1. The molecule has 1 saturated carbocycles. The molecule has 0 N–H and O–H groups in total. The van der Waals surface area contributed by atoms with Gasteiger partial charge in [0.1, 0.15) is 0 Å². The summed E-state index contributed by atoms with van der Waals surface area (Å²) in [5, 5.41) is 4.74. The van der Waals surface area contributed by atoms with Gasteiger partial charge in [-0.25, -0.2) is 9.67 Å². The molecule has 0 bridgehead atoms. The topological polar surface area (TPSA) is 33.4 Å². The maximum Gasteiger partial charge on any atom is 0.152 e. The summed E-state index contributed by atoms with van der Waals surface area (Å²) in [5.41, 5.74) is 1.14. The van der Waals surface area contributed by atoms with Crippen LogP contribution in [-0.4, -0.2) is 35.1 Å². The standard InChI is InChI=1S/C15H26N4/c1-12(2)14-9-15(16-11-18(3)4)19(17-14)10-13-7-5-6-8-13/h9,11-13H,5-8,10H2,1-4H3/b16-11+. The minimum absolute atomic E-state index is 0.457. The molecular formula is C15H26N4. The number of rotatable bonds is 5. The fraction of sp³-hybridized carbons (Fsp3) is 0.733. The van der Waals surface area contributed by atoms with Crippen molar-refractivity contribution in [3.05, 3.63) is 11.8 Å². The molecule has 0 aliphatic heterocycles. The van der Waals surface area contributed by atoms with Crippen molar-refractivity contribution < 1.29 is 0 Å². The Balaban J connectivity index is 2.17. The number of nitrogens with zero attached hydrogens (tertiary/aromatic N) is 4. The van der Waals surface area contributed by atoms with Gasteiger partial charge in [0, 0.05) is 26.7 Å². The first-order valence-corrected chi connectivity index (χ1v) is 7.34. The zero-order valence-corrected chi connectivity index (χ0v) is 12.6. The molecule has 19 heavy (non-hydrogen) atoms. The zero-order valence-electron chi connectivity index (χ0n) is 12.6. The van der Waals surface area contributed by atoms with Crippen molar-refractivity contribution in [3.63, 3.8) is 0 Å². The zero-order chi connectivity index (χ0) is 13.8. The Morgan fingerprint density at radius 3 is 2.68 bits per heavy atom. The third-order valence-corrected chi connectivity index (χ3v) is 3.70. The third-order valence-electron chi connectivity index (χ3n) is 3.70. The van der Waals surface area contributed by atoms with Gasteiger partial charge in [0.2, 0.25) is 0 Å². The van der Waals surface area contributed by atoms with Crippen LogP contribution in [0.15, 0.2) is 11.1 Å². The van der Waals surface area contributed by atoms with Crippen LogP contribution in [0.3, 0.4) is 0 Å². The maximum atomic E-state index is 4.74. The molecule has 1 fully saturated rings. The lowest BCUT2D eigenvalue weighted by Gasteiger charge is -2.11. The molecular weight excluding hydrogens is 236 g/mol. The normalized spacial score (nSPS) is 16.9. The summed E-state index contributed by atoms with van der Waals surface area (Å²) in [7, 11) is 3.98. The SMILES string of the molecule is CC(C)c1cc(/N=C/N(C)C)n(CC2CCCC2)n1. The second-order valence-corrected chi connectivity index (χ2v) is 6.12. The van der Waals surface area contributed by atoms with Crippen molar-refractivity contribution in [1.29, 1.82) is 0 Å². The van der Waals surface area contributed by atoms with E-state index in [0.29, 0.717) is 5.92 Å². The van der Waals surface area contributed by atoms with Crippen LogP contribution < -0.4 is 0 Å². The van der Waals surface area contributed by atoms with Crippen molar-refractivity contribution in [2.45, 2.75) is 52.0 Å². The number of hydrogen-bond acceptors (Lipinski definition) is 2. The molecule has 1 aliphatic carbocycles. The smallest absolute Gasteiger partial charge is 0.152 e. The van der Waals surface area contributed by atoms with E-state index in [2.05, 4.69) is 29.6 Å². The second-order valence-electron chi connectivity index (χ2n) is 6.12. The molecule has 0 radical (unpaired) electrons. The summed E-state index contributed by atoms with van der Waals surface area (Å²) < 4.78 is 2.10. The van der Waals surface area contributed by atoms with Gasteiger partial charge in [-0.05, 0) is 24.7 Å². The van der Waals surface area contributed by atoms with Gasteiger partial charge in [0.05, 0.1) is 12.0 Å². The van der Waals surface area contributed by atoms with Gasteiger partial charge >= 0.3 is 0 Å². The minimum atomic E-state index is 0.457. The van der Waals surface area contributed by atoms with Gasteiger partial charge in [-0.1, -0.05) is 26.7 Å². The minimum Gasteiger partial charge on any atom is -0.369 e. The van der Waals surface area contributed by atoms with E-state index in [1.54, 1.807) is 0 Å². The first-order chi connectivity index (χ1) is 9.06. The van der Waals surface area contributed by atoms with Gasteiger partial charge in [-0.2, -0.15) is 5.10 Å². The Bertz CT molecular complexity index is 425. The highest BCUT2D eigenvalue weighted by atomic mass is 15.3. The van der Waals surface area contributed by atoms with Crippen LogP contribution in [0.25, 0.3) is 0 Å². The van der Waals surface area contributed by atoms with Gasteiger partial charge in [-0.15, -0.1) is 0 Å². The molecule has 2 rings (SSSR count). The van der Waals surface area contributed by atoms with E-state index in [1.165, 1.54) is 25.7 Å². The van der Waals surface area contributed by atoms with Crippen LogP contribution in [0.5, 0.6) is 0 Å². The van der Waals surface area contributed by atoms with Crippen LogP contribution in [0.4, 0.5) is 5.82 Å². The number of aromatic nitrogens is 2. The summed E-state index contributed by atoms with van der Waals surface area (Å²) in [5.74, 6) is 2.23. The fourth-order valence-corrected chi connectivity index (χ4v) is 2.56. The van der Waals surface area contributed by atoms with Crippen molar-refractivity contribution in [3.8, 4) is 0 Å². The molecule has 0 atom stereocenters. The van der Waals surface area contributed by atoms with Gasteiger partial charge in [0.15, 0.2) is 5.82 Å². The van der Waals surface area contributed by atoms with Crippen LogP contribution in [0.2, 0.25) is 0 Å². The molecule has 0 aromatic carbocycles. The average molecular weight is 262 g/mol. The molecule has 0 amide bonds. The molecule has 1 aliphatic rings. The summed E-state index contributed by atoms with van der Waals surface area (Å²) in [6.45, 7) is 5.39. The first-order valence-electron chi connectivity index (χ1n) is 7.34. The van der Waals surface area contributed by atoms with Crippen LogP contribution in [0, 0.1) is 5.92 Å². The summed E-state index contributed by atoms with van der Waals surface area (Å²) in [6, 6.07) is 2.12. The lowest BCUT2D eigenvalue weighted by molar-refractivity contribution is 0.428. The van der Waals surface area contributed by atoms with Gasteiger partial charge in [0.25, 0.3) is 0 Å². The van der Waals surface area contributed by atoms with E-state index in [0.717, 1.165) is 24.0 Å². The van der Waals surface area contributed by atoms with Gasteiger partial charge < -0.3 is 4.90 Å². The lowest BCUT2D eigenvalue weighted by atomic mass is 10.1. The molecule has 0 unspecified atom stereocenters. The molecule has 0 spiro atoms. The van der Waals surface area contributed by atoms with Crippen LogP contribution in [-0.2, 0) is 6.54 Å². The Hall–Kier alpha value is -1.32. The Labute approximate surface area is 116 Å². The predicted molar refractivity (Wildman–Crippen MR) is 80.1 cm³/mol. The summed E-state index contributed by atoms with van der Waals surface area (Å²) in [6.07, 6.45) is 7.28. The predicted octanol–water partition coefficient (Wildman–Crippen LogP) is 3.42. The fourth-order valence-electron chi connectivity index (χ4n) is 2.56. The van der Waals surface area contributed by atoms with E-state index >= 15 is 0 Å². The van der Waals surface area contributed by atoms with E-state index < -0.39 is 0 Å². The van der Waals surface area contributed by atoms with E-state index in [4.69, 9.17) is 5.10 Å². The summed E-state index contributed by atoms with van der Waals surface area (Å²) in [4.78, 5) is 6.51. The molecule has 1 aromatic heterocycles. The monoisotopic (exact) mass is 262 g/mol. The van der Waals surface area contributed by atoms with Crippen molar-refractivity contribution in [2.75, 3.05) is 14.1 Å². The Morgan fingerprint density at radius 1 is 1.42 bits per heavy atom. The highest BCUT2D eigenvalue weighted by Crippen LogP contribution is 2.28. The quantitative estimate of drug-likeness (QED) is 0.602. The molecule has 106 valence electrons. The Morgan fingerprint density at radius 2 is 2.11 bits per heavy atom. The lowest BCUT2D eigenvalue weighted by Crippen LogP contribution is -2.10. The van der Waals surface area contributed by atoms with Crippen molar-refractivity contribution >= 4 is 12.2 Å². The molecule has 4 nitrogen and oxygen atoms in total. The Kier molecular flexibility index (Phi) is 4.61.